The first kappa shape index (κ1) is 15.1. The van der Waals surface area contributed by atoms with Gasteiger partial charge in [0.05, 0.1) is 11.8 Å². The van der Waals surface area contributed by atoms with E-state index in [-0.39, 0.29) is 23.8 Å². The van der Waals surface area contributed by atoms with Gasteiger partial charge in [-0.1, -0.05) is 30.3 Å². The van der Waals surface area contributed by atoms with Crippen LogP contribution in [0.3, 0.4) is 0 Å². The van der Waals surface area contributed by atoms with Crippen LogP contribution in [0.5, 0.6) is 0 Å². The number of hydrogen-bond acceptors (Lipinski definition) is 4. The van der Waals surface area contributed by atoms with Gasteiger partial charge in [0.2, 0.25) is 11.8 Å². The molecule has 2 amide bonds. The van der Waals surface area contributed by atoms with Crippen LogP contribution in [0, 0.1) is 11.8 Å². The number of hydrogen-bond donors (Lipinski definition) is 0. The van der Waals surface area contributed by atoms with Crippen molar-refractivity contribution in [3.8, 4) is 0 Å². The van der Waals surface area contributed by atoms with Gasteiger partial charge < -0.3 is 9.47 Å². The fraction of sp³-hybridized carbons (Fsp3) is 0.250. The maximum Gasteiger partial charge on any atom is 0.236 e. The van der Waals surface area contributed by atoms with Crippen LogP contribution in [0.25, 0.3) is 6.08 Å². The average molecular weight is 347 g/mol. The van der Waals surface area contributed by atoms with Crippen LogP contribution in [0.4, 0.5) is 0 Å². The molecule has 3 aliphatic heterocycles. The van der Waals surface area contributed by atoms with Crippen molar-refractivity contribution in [3.63, 3.8) is 0 Å². The Morgan fingerprint density at radius 3 is 2.46 bits per heavy atom. The van der Waals surface area contributed by atoms with E-state index < -0.39 is 17.9 Å². The fourth-order valence-electron chi connectivity index (χ4n) is 4.56. The number of ketones is 1. The normalized spacial score (nSPS) is 29.0. The van der Waals surface area contributed by atoms with E-state index in [0.717, 1.165) is 5.69 Å². The van der Waals surface area contributed by atoms with E-state index in [1.807, 2.05) is 46.1 Å². The van der Waals surface area contributed by atoms with Crippen molar-refractivity contribution in [2.24, 2.45) is 11.8 Å². The Morgan fingerprint density at radius 2 is 1.69 bits per heavy atom. The summed E-state index contributed by atoms with van der Waals surface area (Å²) in [4.78, 5) is 42.0. The van der Waals surface area contributed by atoms with Gasteiger partial charge >= 0.3 is 0 Å². The van der Waals surface area contributed by atoms with Crippen LogP contribution < -0.4 is 0 Å². The summed E-state index contributed by atoms with van der Waals surface area (Å²) >= 11 is 0. The number of Topliss-reactive ketones (excluding diaryl/α,β-unsaturated/α-hetero) is 1. The second-order valence-corrected chi connectivity index (χ2v) is 6.98. The van der Waals surface area contributed by atoms with Crippen molar-refractivity contribution >= 4 is 23.7 Å². The Bertz CT molecular complexity index is 962. The molecule has 0 bridgehead atoms. The highest BCUT2D eigenvalue weighted by Crippen LogP contribution is 2.50. The van der Waals surface area contributed by atoms with E-state index in [9.17, 15) is 14.4 Å². The molecule has 1 aromatic carbocycles. The minimum Gasteiger partial charge on any atom is -0.345 e. The highest BCUT2D eigenvalue weighted by Gasteiger charge is 2.63. The summed E-state index contributed by atoms with van der Waals surface area (Å²) in [7, 11) is 1.51. The summed E-state index contributed by atoms with van der Waals surface area (Å²) in [6, 6.07) is 12.2. The molecule has 0 saturated carbocycles. The third kappa shape index (κ3) is 1.78. The summed E-state index contributed by atoms with van der Waals surface area (Å²) in [5.41, 5.74) is 1.52. The van der Waals surface area contributed by atoms with Gasteiger partial charge in [-0.05, 0) is 18.2 Å². The lowest BCUT2D eigenvalue weighted by Crippen LogP contribution is -2.44. The first-order valence-corrected chi connectivity index (χ1v) is 8.63. The highest BCUT2D eigenvalue weighted by molar-refractivity contribution is 6.11. The molecule has 0 N–H and O–H groups in total. The van der Waals surface area contributed by atoms with Gasteiger partial charge in [-0.15, -0.1) is 0 Å². The van der Waals surface area contributed by atoms with E-state index >= 15 is 0 Å². The molecule has 2 aromatic rings. The molecule has 0 radical (unpaired) electrons. The molecule has 3 aliphatic rings. The van der Waals surface area contributed by atoms with Gasteiger partial charge in [-0.2, -0.15) is 0 Å². The van der Waals surface area contributed by atoms with Gasteiger partial charge in [0.1, 0.15) is 12.2 Å². The number of carbonyl (C=O) groups is 3. The number of likely N-dealkylation sites (tertiary alicyclic amines) is 1. The largest absolute Gasteiger partial charge is 0.345 e. The molecule has 5 rings (SSSR count). The van der Waals surface area contributed by atoms with Crippen LogP contribution in [-0.2, 0) is 9.59 Å². The molecule has 0 aliphatic carbocycles. The van der Waals surface area contributed by atoms with Crippen molar-refractivity contribution in [3.05, 3.63) is 66.1 Å². The van der Waals surface area contributed by atoms with E-state index in [2.05, 4.69) is 0 Å². The minimum absolute atomic E-state index is 0.125. The first-order chi connectivity index (χ1) is 12.6. The zero-order valence-electron chi connectivity index (χ0n) is 14.1. The molecule has 4 heterocycles. The monoisotopic (exact) mass is 347 g/mol. The third-order valence-electron chi connectivity index (χ3n) is 5.75. The summed E-state index contributed by atoms with van der Waals surface area (Å²) in [6.45, 7) is 0. The molecule has 0 unspecified atom stereocenters. The van der Waals surface area contributed by atoms with E-state index in [1.54, 1.807) is 24.3 Å². The van der Waals surface area contributed by atoms with Crippen LogP contribution >= 0.6 is 0 Å². The molecule has 2 saturated heterocycles. The number of nitrogens with zero attached hydrogens (tertiary/aromatic N) is 3. The number of rotatable bonds is 2. The van der Waals surface area contributed by atoms with E-state index in [4.69, 9.17) is 0 Å². The quantitative estimate of drug-likeness (QED) is 0.614. The lowest BCUT2D eigenvalue weighted by molar-refractivity contribution is -0.139. The second kappa shape index (κ2) is 5.17. The third-order valence-corrected chi connectivity index (χ3v) is 5.75. The molecule has 0 spiro atoms. The predicted octanol–water partition coefficient (Wildman–Crippen LogP) is 1.77. The number of carbonyl (C=O) groups excluding carboxylic acids is 3. The molecule has 2 fully saturated rings. The fourth-order valence-corrected chi connectivity index (χ4v) is 4.56. The SMILES string of the molecule is CN1C(=O)[C@@H]2[C@H](C1=O)[C@@H](C(=O)c1ccccc1)N1C=Cc3cccn3[C@H]21. The van der Waals surface area contributed by atoms with E-state index in [1.165, 1.54) is 11.9 Å². The molecule has 130 valence electrons. The Hall–Kier alpha value is -3.15. The van der Waals surface area contributed by atoms with Crippen molar-refractivity contribution in [1.29, 1.82) is 0 Å². The minimum atomic E-state index is -0.680. The van der Waals surface area contributed by atoms with Crippen LogP contribution in [-0.4, -0.2) is 45.1 Å². The lowest BCUT2D eigenvalue weighted by atomic mass is 9.87. The van der Waals surface area contributed by atoms with E-state index in [0.29, 0.717) is 5.56 Å². The maximum atomic E-state index is 13.3. The number of benzene rings is 1. The van der Waals surface area contributed by atoms with Gasteiger partial charge in [0.15, 0.2) is 5.78 Å². The first-order valence-electron chi connectivity index (χ1n) is 8.63. The van der Waals surface area contributed by atoms with Crippen molar-refractivity contribution in [2.45, 2.75) is 12.2 Å². The number of imide groups is 1. The average Bonchev–Trinajstić information content (AvgIpc) is 3.32. The van der Waals surface area contributed by atoms with Gasteiger partial charge in [-0.3, -0.25) is 19.3 Å². The molecular weight excluding hydrogens is 330 g/mol. The van der Waals surface area contributed by atoms with Crippen LogP contribution in [0.2, 0.25) is 0 Å². The summed E-state index contributed by atoms with van der Waals surface area (Å²) < 4.78 is 1.99. The van der Waals surface area contributed by atoms with Crippen molar-refractivity contribution < 1.29 is 14.4 Å². The molecule has 4 atom stereocenters. The molecule has 1 aromatic heterocycles. The Labute approximate surface area is 150 Å². The van der Waals surface area contributed by atoms with Crippen LogP contribution in [0.1, 0.15) is 22.2 Å². The van der Waals surface area contributed by atoms with Crippen molar-refractivity contribution in [2.75, 3.05) is 7.05 Å². The molecule has 6 heteroatoms. The number of fused-ring (bicyclic) bond motifs is 5. The Morgan fingerprint density at radius 1 is 0.962 bits per heavy atom. The standard InChI is InChI=1S/C20H17N3O3/c1-21-19(25)14-15(20(21)26)18-22-10-5-8-13(22)9-11-23(18)16(14)17(24)12-6-3-2-4-7-12/h2-11,14-16,18H,1H3/t14-,15+,16-,18-/m0/s1. The Balaban J connectivity index is 1.66. The number of amides is 2. The number of aromatic nitrogens is 1. The van der Waals surface area contributed by atoms with Gasteiger partial charge in [0.25, 0.3) is 0 Å². The summed E-state index contributed by atoms with van der Waals surface area (Å²) in [5.74, 6) is -1.83. The molecule has 6 nitrogen and oxygen atoms in total. The van der Waals surface area contributed by atoms with Gasteiger partial charge in [0, 0.05) is 30.7 Å². The van der Waals surface area contributed by atoms with Gasteiger partial charge in [-0.25, -0.2) is 0 Å². The Kier molecular flexibility index (Phi) is 3.01. The topological polar surface area (TPSA) is 62.6 Å². The smallest absolute Gasteiger partial charge is 0.236 e. The lowest BCUT2D eigenvalue weighted by Gasteiger charge is -2.35. The van der Waals surface area contributed by atoms with Crippen molar-refractivity contribution in [1.82, 2.24) is 14.4 Å². The maximum absolute atomic E-state index is 13.3. The molecular formula is C20H17N3O3. The zero-order chi connectivity index (χ0) is 18.0. The zero-order valence-corrected chi connectivity index (χ0v) is 14.1. The summed E-state index contributed by atoms with van der Waals surface area (Å²) in [5, 5.41) is 0. The summed E-state index contributed by atoms with van der Waals surface area (Å²) in [6.07, 6.45) is 5.32. The second-order valence-electron chi connectivity index (χ2n) is 6.98. The van der Waals surface area contributed by atoms with Crippen LogP contribution in [0.15, 0.2) is 54.9 Å². The predicted molar refractivity (Wildman–Crippen MR) is 93.7 cm³/mol. The molecule has 26 heavy (non-hydrogen) atoms. The highest BCUT2D eigenvalue weighted by atomic mass is 16.2.